The maximum absolute atomic E-state index is 5.80. The van der Waals surface area contributed by atoms with Crippen molar-refractivity contribution >= 4 is 11.0 Å². The molecule has 0 amide bonds. The molecule has 0 bridgehead atoms. The topological polar surface area (TPSA) is 56.7 Å². The molecule has 0 fully saturated rings. The molecule has 0 aliphatic carbocycles. The van der Waals surface area contributed by atoms with Gasteiger partial charge in [0.1, 0.15) is 11.5 Å². The van der Waals surface area contributed by atoms with Gasteiger partial charge in [0, 0.05) is 31.1 Å². The Labute approximate surface area is 108 Å². The summed E-state index contributed by atoms with van der Waals surface area (Å²) in [6.07, 6.45) is 3.02. The van der Waals surface area contributed by atoms with E-state index in [1.54, 1.807) is 0 Å². The van der Waals surface area contributed by atoms with Gasteiger partial charge in [-0.3, -0.25) is 0 Å². The lowest BCUT2D eigenvalue weighted by Gasteiger charge is -2.07. The van der Waals surface area contributed by atoms with Crippen molar-refractivity contribution < 1.29 is 0 Å². The molecule has 4 heteroatoms. The number of rotatable bonds is 4. The van der Waals surface area contributed by atoms with Gasteiger partial charge in [-0.15, -0.1) is 0 Å². The van der Waals surface area contributed by atoms with Crippen LogP contribution in [0.2, 0.25) is 0 Å². The Bertz CT molecular complexity index is 554. The first-order chi connectivity index (χ1) is 8.56. The van der Waals surface area contributed by atoms with E-state index in [1.165, 1.54) is 0 Å². The number of hydrogen-bond donors (Lipinski definition) is 1. The summed E-state index contributed by atoms with van der Waals surface area (Å²) in [7, 11) is 0. The lowest BCUT2D eigenvalue weighted by Crippen LogP contribution is -2.05. The van der Waals surface area contributed by atoms with Gasteiger partial charge in [-0.2, -0.15) is 0 Å². The second-order valence-corrected chi connectivity index (χ2v) is 5.17. The minimum absolute atomic E-state index is 0.539. The molecule has 18 heavy (non-hydrogen) atoms. The number of nitrogens with zero attached hydrogens (tertiary/aromatic N) is 3. The van der Waals surface area contributed by atoms with E-state index in [4.69, 9.17) is 10.7 Å². The van der Waals surface area contributed by atoms with Crippen molar-refractivity contribution in [3.8, 4) is 0 Å². The molecule has 0 aromatic carbocycles. The molecule has 2 rings (SSSR count). The van der Waals surface area contributed by atoms with Gasteiger partial charge >= 0.3 is 0 Å². The van der Waals surface area contributed by atoms with Crippen molar-refractivity contribution in [2.24, 2.45) is 11.7 Å². The summed E-state index contributed by atoms with van der Waals surface area (Å²) in [5, 5.41) is 1.13. The molecule has 2 aromatic rings. The van der Waals surface area contributed by atoms with Crippen LogP contribution in [0.15, 0.2) is 6.20 Å². The molecule has 2 N–H and O–H groups in total. The zero-order valence-electron chi connectivity index (χ0n) is 11.7. The predicted octanol–water partition coefficient (Wildman–Crippen LogP) is 2.42. The van der Waals surface area contributed by atoms with E-state index in [0.29, 0.717) is 12.5 Å². The van der Waals surface area contributed by atoms with Crippen molar-refractivity contribution in [1.82, 2.24) is 14.5 Å². The zero-order chi connectivity index (χ0) is 13.3. The normalized spacial score (nSPS) is 11.7. The highest BCUT2D eigenvalue weighted by Crippen LogP contribution is 2.23. The van der Waals surface area contributed by atoms with Crippen LogP contribution >= 0.6 is 0 Å². The summed E-state index contributed by atoms with van der Waals surface area (Å²) >= 11 is 0. The second kappa shape index (κ2) is 5.06. The molecule has 0 saturated heterocycles. The number of nitrogens with two attached hydrogens (primary N) is 1. The van der Waals surface area contributed by atoms with Crippen molar-refractivity contribution in [1.29, 1.82) is 0 Å². The fourth-order valence-corrected chi connectivity index (χ4v) is 2.36. The largest absolute Gasteiger partial charge is 0.332 e. The summed E-state index contributed by atoms with van der Waals surface area (Å²) in [5.41, 5.74) is 9.02. The molecule has 0 aliphatic heterocycles. The molecule has 4 nitrogen and oxygen atoms in total. The van der Waals surface area contributed by atoms with Gasteiger partial charge in [0.2, 0.25) is 0 Å². The average molecular weight is 246 g/mol. The molecule has 2 heterocycles. The van der Waals surface area contributed by atoms with Crippen LogP contribution in [-0.2, 0) is 19.5 Å². The maximum Gasteiger partial charge on any atom is 0.144 e. The highest BCUT2D eigenvalue weighted by atomic mass is 15.1. The number of hydrogen-bond acceptors (Lipinski definition) is 3. The first-order valence-corrected chi connectivity index (χ1v) is 6.62. The number of aromatic nitrogens is 3. The third-order valence-electron chi connectivity index (χ3n) is 3.17. The first-order valence-electron chi connectivity index (χ1n) is 6.62. The number of fused-ring (bicyclic) bond motifs is 1. The van der Waals surface area contributed by atoms with Crippen LogP contribution in [0.1, 0.15) is 37.9 Å². The molecule has 0 aliphatic rings. The van der Waals surface area contributed by atoms with Crippen LogP contribution < -0.4 is 5.73 Å². The monoisotopic (exact) mass is 246 g/mol. The molecule has 0 atom stereocenters. The van der Waals surface area contributed by atoms with Gasteiger partial charge < -0.3 is 10.3 Å². The fourth-order valence-electron chi connectivity index (χ4n) is 2.36. The summed E-state index contributed by atoms with van der Waals surface area (Å²) in [5.74, 6) is 1.51. The Morgan fingerprint density at radius 2 is 2.06 bits per heavy atom. The Morgan fingerprint density at radius 1 is 1.33 bits per heavy atom. The molecule has 2 aromatic heterocycles. The van der Waals surface area contributed by atoms with E-state index in [2.05, 4.69) is 36.5 Å². The lowest BCUT2D eigenvalue weighted by molar-refractivity contribution is 0.619. The van der Waals surface area contributed by atoms with E-state index < -0.39 is 0 Å². The highest BCUT2D eigenvalue weighted by molar-refractivity contribution is 5.82. The van der Waals surface area contributed by atoms with Crippen LogP contribution in [-0.4, -0.2) is 14.5 Å². The Balaban J connectivity index is 2.63. The van der Waals surface area contributed by atoms with Gasteiger partial charge in [0.05, 0.1) is 5.69 Å². The summed E-state index contributed by atoms with van der Waals surface area (Å²) in [6, 6.07) is 0. The molecule has 98 valence electrons. The van der Waals surface area contributed by atoms with Crippen LogP contribution in [0, 0.1) is 12.8 Å². The first kappa shape index (κ1) is 13.0. The van der Waals surface area contributed by atoms with Crippen molar-refractivity contribution in [2.75, 3.05) is 0 Å². The molecule has 0 radical (unpaired) electrons. The molecular formula is C14H22N4. The van der Waals surface area contributed by atoms with Crippen molar-refractivity contribution in [3.05, 3.63) is 23.3 Å². The molecule has 0 saturated carbocycles. The van der Waals surface area contributed by atoms with Crippen molar-refractivity contribution in [3.63, 3.8) is 0 Å². The summed E-state index contributed by atoms with van der Waals surface area (Å²) in [4.78, 5) is 9.33. The molecular weight excluding hydrogens is 224 g/mol. The maximum atomic E-state index is 5.80. The van der Waals surface area contributed by atoms with E-state index >= 15 is 0 Å². The van der Waals surface area contributed by atoms with E-state index in [0.717, 1.165) is 41.1 Å². The number of aryl methyl sites for hydroxylation is 2. The van der Waals surface area contributed by atoms with Crippen LogP contribution in [0.5, 0.6) is 0 Å². The van der Waals surface area contributed by atoms with Crippen molar-refractivity contribution in [2.45, 2.75) is 47.2 Å². The van der Waals surface area contributed by atoms with Gasteiger partial charge in [0.25, 0.3) is 0 Å². The zero-order valence-corrected chi connectivity index (χ0v) is 11.7. The Hall–Kier alpha value is -1.42. The van der Waals surface area contributed by atoms with E-state index in [9.17, 15) is 0 Å². The predicted molar refractivity (Wildman–Crippen MR) is 74.4 cm³/mol. The Kier molecular flexibility index (Phi) is 3.66. The van der Waals surface area contributed by atoms with Crippen LogP contribution in [0.4, 0.5) is 0 Å². The third kappa shape index (κ3) is 2.25. The molecule has 0 unspecified atom stereocenters. The van der Waals surface area contributed by atoms with Gasteiger partial charge in [-0.25, -0.2) is 9.97 Å². The third-order valence-corrected chi connectivity index (χ3v) is 3.17. The van der Waals surface area contributed by atoms with Crippen LogP contribution in [0.25, 0.3) is 11.0 Å². The molecule has 0 spiro atoms. The lowest BCUT2D eigenvalue weighted by atomic mass is 10.1. The standard InChI is InChI=1S/C14H22N4/c1-5-18-8-11(7-15)13-10(4)16-12(6-9(2)3)17-14(13)18/h8-9H,5-7,15H2,1-4H3. The minimum Gasteiger partial charge on any atom is -0.332 e. The Morgan fingerprint density at radius 3 is 2.61 bits per heavy atom. The van der Waals surface area contributed by atoms with Gasteiger partial charge in [-0.05, 0) is 25.3 Å². The fraction of sp³-hybridized carbons (Fsp3) is 0.571. The van der Waals surface area contributed by atoms with E-state index in [-0.39, 0.29) is 0 Å². The van der Waals surface area contributed by atoms with Gasteiger partial charge in [-0.1, -0.05) is 13.8 Å². The highest BCUT2D eigenvalue weighted by Gasteiger charge is 2.13. The average Bonchev–Trinajstić information content (AvgIpc) is 2.66. The SMILES string of the molecule is CCn1cc(CN)c2c(C)nc(CC(C)C)nc21. The van der Waals surface area contributed by atoms with E-state index in [1.807, 2.05) is 6.92 Å². The second-order valence-electron chi connectivity index (χ2n) is 5.17. The minimum atomic E-state index is 0.539. The smallest absolute Gasteiger partial charge is 0.144 e. The quantitative estimate of drug-likeness (QED) is 0.901. The summed E-state index contributed by atoms with van der Waals surface area (Å²) in [6.45, 7) is 10.00. The summed E-state index contributed by atoms with van der Waals surface area (Å²) < 4.78 is 2.16. The van der Waals surface area contributed by atoms with Crippen LogP contribution in [0.3, 0.4) is 0 Å². The van der Waals surface area contributed by atoms with Gasteiger partial charge in [0.15, 0.2) is 0 Å².